The fourth-order valence-electron chi connectivity index (χ4n) is 2.83. The molecule has 0 bridgehead atoms. The number of aromatic hydroxyl groups is 1. The van der Waals surface area contributed by atoms with Crippen molar-refractivity contribution in [2.45, 2.75) is 32.7 Å². The Bertz CT molecular complexity index is 1000. The Hall–Kier alpha value is -3.40. The van der Waals surface area contributed by atoms with Crippen molar-refractivity contribution >= 4 is 23.0 Å². The van der Waals surface area contributed by atoms with Crippen LogP contribution < -0.4 is 10.5 Å². The first-order chi connectivity index (χ1) is 14.5. The molecule has 0 aliphatic heterocycles. The molecule has 0 spiro atoms. The van der Waals surface area contributed by atoms with E-state index in [1.54, 1.807) is 12.1 Å². The summed E-state index contributed by atoms with van der Waals surface area (Å²) in [5.74, 6) is -0.268. The van der Waals surface area contributed by atoms with Crippen LogP contribution in [-0.4, -0.2) is 55.5 Å². The Labute approximate surface area is 173 Å². The van der Waals surface area contributed by atoms with Gasteiger partial charge in [0.05, 0.1) is 26.2 Å². The second-order valence-corrected chi connectivity index (χ2v) is 6.70. The van der Waals surface area contributed by atoms with Gasteiger partial charge in [-0.1, -0.05) is 37.6 Å². The molecule has 10 heteroatoms. The average Bonchev–Trinajstić information content (AvgIpc) is 3.04. The number of aromatic nitrogens is 4. The van der Waals surface area contributed by atoms with E-state index in [0.29, 0.717) is 24.3 Å². The Kier molecular flexibility index (Phi) is 7.02. The predicted molar refractivity (Wildman–Crippen MR) is 109 cm³/mol. The highest BCUT2D eigenvalue weighted by Gasteiger charge is 2.17. The molecule has 10 nitrogen and oxygen atoms in total. The smallest absolute Gasteiger partial charge is 0.320 e. The number of nitrogens with zero attached hydrogens (tertiary/aromatic N) is 4. The van der Waals surface area contributed by atoms with E-state index < -0.39 is 5.97 Å². The first kappa shape index (κ1) is 21.3. The Morgan fingerprint density at radius 1 is 1.13 bits per heavy atom. The quantitative estimate of drug-likeness (QED) is 0.330. The van der Waals surface area contributed by atoms with Gasteiger partial charge in [0.25, 0.3) is 6.01 Å². The minimum atomic E-state index is -0.405. The molecule has 3 rings (SSSR count). The van der Waals surface area contributed by atoms with E-state index >= 15 is 0 Å². The van der Waals surface area contributed by atoms with E-state index in [4.69, 9.17) is 20.3 Å². The van der Waals surface area contributed by atoms with Gasteiger partial charge in [-0.2, -0.15) is 15.0 Å². The lowest BCUT2D eigenvalue weighted by atomic mass is 10.1. The molecular weight excluding hydrogens is 390 g/mol. The molecule has 3 aromatic rings. The SMILES string of the molecule is CCCCOc1nc(N)c2nc(O)n(Cc3ccc(CC(=O)OCCO)cc3)c2n1. The lowest BCUT2D eigenvalue weighted by Crippen LogP contribution is -2.11. The number of benzene rings is 1. The zero-order valence-electron chi connectivity index (χ0n) is 16.7. The van der Waals surface area contributed by atoms with Crippen molar-refractivity contribution in [3.8, 4) is 12.0 Å². The number of anilines is 1. The summed E-state index contributed by atoms with van der Waals surface area (Å²) in [6, 6.07) is 7.19. The molecule has 1 aromatic carbocycles. The fourth-order valence-corrected chi connectivity index (χ4v) is 2.83. The molecule has 4 N–H and O–H groups in total. The van der Waals surface area contributed by atoms with Crippen LogP contribution in [0.15, 0.2) is 24.3 Å². The van der Waals surface area contributed by atoms with E-state index in [0.717, 1.165) is 24.0 Å². The van der Waals surface area contributed by atoms with Gasteiger partial charge < -0.3 is 25.4 Å². The van der Waals surface area contributed by atoms with Gasteiger partial charge in [0, 0.05) is 0 Å². The number of hydrogen-bond donors (Lipinski definition) is 3. The van der Waals surface area contributed by atoms with E-state index in [1.165, 1.54) is 4.57 Å². The van der Waals surface area contributed by atoms with Crippen molar-refractivity contribution in [2.24, 2.45) is 0 Å². The average molecular weight is 415 g/mol. The van der Waals surface area contributed by atoms with Crippen LogP contribution in [0, 0.1) is 0 Å². The first-order valence-corrected chi connectivity index (χ1v) is 9.71. The number of nitrogen functional groups attached to an aromatic ring is 1. The zero-order chi connectivity index (χ0) is 21.5. The third-order valence-electron chi connectivity index (χ3n) is 4.38. The first-order valence-electron chi connectivity index (χ1n) is 9.71. The van der Waals surface area contributed by atoms with E-state index in [9.17, 15) is 9.90 Å². The fraction of sp³-hybridized carbons (Fsp3) is 0.400. The van der Waals surface area contributed by atoms with E-state index in [-0.39, 0.29) is 37.5 Å². The van der Waals surface area contributed by atoms with Gasteiger partial charge in [-0.25, -0.2) is 0 Å². The highest BCUT2D eigenvalue weighted by atomic mass is 16.5. The molecule has 0 unspecified atom stereocenters. The van der Waals surface area contributed by atoms with Crippen LogP contribution in [-0.2, 0) is 22.5 Å². The maximum Gasteiger partial charge on any atom is 0.320 e. The molecular formula is C20H25N5O5. The summed E-state index contributed by atoms with van der Waals surface area (Å²) in [6.07, 6.45) is 1.96. The minimum absolute atomic E-state index is 0.0148. The van der Waals surface area contributed by atoms with Crippen LogP contribution in [0.25, 0.3) is 11.2 Å². The van der Waals surface area contributed by atoms with Crippen LogP contribution in [0.1, 0.15) is 30.9 Å². The van der Waals surface area contributed by atoms with Crippen molar-refractivity contribution < 1.29 is 24.5 Å². The number of imidazole rings is 1. The summed E-state index contributed by atoms with van der Waals surface area (Å²) in [7, 11) is 0. The number of ether oxygens (including phenoxy) is 2. The number of carbonyl (C=O) groups is 1. The Morgan fingerprint density at radius 3 is 2.57 bits per heavy atom. The number of aliphatic hydroxyl groups excluding tert-OH is 1. The number of rotatable bonds is 10. The summed E-state index contributed by atoms with van der Waals surface area (Å²) in [4.78, 5) is 24.2. The zero-order valence-corrected chi connectivity index (χ0v) is 16.7. The van der Waals surface area contributed by atoms with Crippen LogP contribution in [0.5, 0.6) is 12.0 Å². The minimum Gasteiger partial charge on any atom is -0.480 e. The summed E-state index contributed by atoms with van der Waals surface area (Å²) < 4.78 is 11.9. The number of fused-ring (bicyclic) bond motifs is 1. The monoisotopic (exact) mass is 415 g/mol. The highest BCUT2D eigenvalue weighted by molar-refractivity contribution is 5.83. The number of esters is 1. The van der Waals surface area contributed by atoms with E-state index in [2.05, 4.69) is 21.9 Å². The molecule has 2 heterocycles. The largest absolute Gasteiger partial charge is 0.480 e. The number of unbranched alkanes of at least 4 members (excludes halogenated alkanes) is 1. The molecule has 2 aromatic heterocycles. The van der Waals surface area contributed by atoms with Crippen molar-refractivity contribution in [2.75, 3.05) is 25.6 Å². The molecule has 30 heavy (non-hydrogen) atoms. The molecule has 0 radical (unpaired) electrons. The van der Waals surface area contributed by atoms with Crippen LogP contribution in [0.3, 0.4) is 0 Å². The molecule has 0 saturated carbocycles. The third kappa shape index (κ3) is 5.15. The molecule has 0 atom stereocenters. The Balaban J connectivity index is 1.77. The second kappa shape index (κ2) is 9.88. The number of carbonyl (C=O) groups excluding carboxylic acids is 1. The predicted octanol–water partition coefficient (Wildman–Crippen LogP) is 1.42. The highest BCUT2D eigenvalue weighted by Crippen LogP contribution is 2.25. The Morgan fingerprint density at radius 2 is 1.87 bits per heavy atom. The summed E-state index contributed by atoms with van der Waals surface area (Å²) in [5, 5.41) is 19.0. The molecule has 0 aliphatic carbocycles. The maximum atomic E-state index is 11.6. The standard InChI is InChI=1S/C20H25N5O5/c1-2-3-9-30-19-23-17(21)16-18(24-19)25(20(28)22-16)12-14-6-4-13(5-7-14)11-15(27)29-10-8-26/h4-7,26H,2-3,8-12H2,1H3,(H,22,28)(H2,21,23,24). The van der Waals surface area contributed by atoms with E-state index in [1.807, 2.05) is 12.1 Å². The lowest BCUT2D eigenvalue weighted by molar-refractivity contribution is -0.143. The third-order valence-corrected chi connectivity index (χ3v) is 4.38. The summed E-state index contributed by atoms with van der Waals surface area (Å²) >= 11 is 0. The van der Waals surface area contributed by atoms with Crippen LogP contribution in [0.4, 0.5) is 5.82 Å². The molecule has 0 amide bonds. The van der Waals surface area contributed by atoms with Crippen LogP contribution in [0.2, 0.25) is 0 Å². The molecule has 0 fully saturated rings. The number of aliphatic hydroxyl groups is 1. The van der Waals surface area contributed by atoms with Gasteiger partial charge in [-0.05, 0) is 17.5 Å². The van der Waals surface area contributed by atoms with Gasteiger partial charge in [-0.15, -0.1) is 0 Å². The number of hydrogen-bond acceptors (Lipinski definition) is 9. The molecule has 0 aliphatic rings. The maximum absolute atomic E-state index is 11.6. The van der Waals surface area contributed by atoms with Crippen molar-refractivity contribution in [1.29, 1.82) is 0 Å². The summed E-state index contributed by atoms with van der Waals surface area (Å²) in [6.45, 7) is 2.61. The number of nitrogens with two attached hydrogens (primary N) is 1. The second-order valence-electron chi connectivity index (χ2n) is 6.70. The lowest BCUT2D eigenvalue weighted by Gasteiger charge is -2.08. The molecule has 0 saturated heterocycles. The van der Waals surface area contributed by atoms with Gasteiger partial charge in [-0.3, -0.25) is 9.36 Å². The normalized spacial score (nSPS) is 11.0. The van der Waals surface area contributed by atoms with Crippen LogP contribution >= 0.6 is 0 Å². The van der Waals surface area contributed by atoms with Crippen molar-refractivity contribution in [1.82, 2.24) is 19.5 Å². The van der Waals surface area contributed by atoms with Gasteiger partial charge in [0.1, 0.15) is 6.61 Å². The van der Waals surface area contributed by atoms with Gasteiger partial charge in [0.15, 0.2) is 17.0 Å². The summed E-state index contributed by atoms with van der Waals surface area (Å²) in [5.41, 5.74) is 8.28. The molecule has 160 valence electrons. The topological polar surface area (TPSA) is 146 Å². The van der Waals surface area contributed by atoms with Gasteiger partial charge >= 0.3 is 12.0 Å². The van der Waals surface area contributed by atoms with Crippen molar-refractivity contribution in [3.63, 3.8) is 0 Å². The van der Waals surface area contributed by atoms with Gasteiger partial charge in [0.2, 0.25) is 0 Å². The van der Waals surface area contributed by atoms with Crippen molar-refractivity contribution in [3.05, 3.63) is 35.4 Å².